The van der Waals surface area contributed by atoms with Crippen LogP contribution in [0.1, 0.15) is 58.1 Å². The molecule has 1 rings (SSSR count). The Labute approximate surface area is 119 Å². The molecule has 0 amide bonds. The van der Waals surface area contributed by atoms with E-state index in [1.54, 1.807) is 0 Å². The number of rotatable bonds is 8. The molecular formula is C18H31N. The molecule has 0 saturated heterocycles. The number of nitrogens with one attached hydrogen (secondary N) is 1. The standard InChI is InChI=1S/C18H31N/c1-6-18(3,4)17-11-9-16(10-12-17)8-7-15(2)13-14-19-5/h9-12,15,19H,6-8,13-14H2,1-5H3. The molecule has 1 unspecified atom stereocenters. The summed E-state index contributed by atoms with van der Waals surface area (Å²) >= 11 is 0. The SMILES string of the molecule is CCC(C)(C)c1ccc(CCC(C)CCNC)cc1. The van der Waals surface area contributed by atoms with Crippen molar-refractivity contribution in [2.75, 3.05) is 13.6 Å². The van der Waals surface area contributed by atoms with Gasteiger partial charge < -0.3 is 5.32 Å². The lowest BCUT2D eigenvalue weighted by atomic mass is 9.82. The first kappa shape index (κ1) is 16.2. The van der Waals surface area contributed by atoms with E-state index >= 15 is 0 Å². The first-order valence-corrected chi connectivity index (χ1v) is 7.73. The summed E-state index contributed by atoms with van der Waals surface area (Å²) in [6.07, 6.45) is 4.96. The highest BCUT2D eigenvalue weighted by Crippen LogP contribution is 2.27. The van der Waals surface area contributed by atoms with Crippen LogP contribution in [0.5, 0.6) is 0 Å². The molecule has 0 radical (unpaired) electrons. The fourth-order valence-electron chi connectivity index (χ4n) is 2.27. The second-order valence-corrected chi connectivity index (χ2v) is 6.47. The lowest BCUT2D eigenvalue weighted by Crippen LogP contribution is -2.15. The third-order valence-corrected chi connectivity index (χ3v) is 4.43. The average Bonchev–Trinajstić information content (AvgIpc) is 2.43. The zero-order chi connectivity index (χ0) is 14.3. The largest absolute Gasteiger partial charge is 0.320 e. The molecule has 0 aliphatic heterocycles. The van der Waals surface area contributed by atoms with Crippen molar-refractivity contribution in [3.63, 3.8) is 0 Å². The molecule has 1 N–H and O–H groups in total. The molecule has 19 heavy (non-hydrogen) atoms. The van der Waals surface area contributed by atoms with Crippen LogP contribution >= 0.6 is 0 Å². The van der Waals surface area contributed by atoms with Crippen molar-refractivity contribution in [1.29, 1.82) is 0 Å². The van der Waals surface area contributed by atoms with Crippen LogP contribution in [0.2, 0.25) is 0 Å². The van der Waals surface area contributed by atoms with E-state index in [2.05, 4.69) is 57.3 Å². The van der Waals surface area contributed by atoms with Gasteiger partial charge in [-0.05, 0) is 61.7 Å². The number of aryl methyl sites for hydroxylation is 1. The molecule has 108 valence electrons. The van der Waals surface area contributed by atoms with Crippen molar-refractivity contribution < 1.29 is 0 Å². The van der Waals surface area contributed by atoms with Gasteiger partial charge in [0, 0.05) is 0 Å². The van der Waals surface area contributed by atoms with Gasteiger partial charge >= 0.3 is 0 Å². The van der Waals surface area contributed by atoms with Crippen molar-refractivity contribution in [2.45, 2.75) is 58.8 Å². The molecular weight excluding hydrogens is 230 g/mol. The summed E-state index contributed by atoms with van der Waals surface area (Å²) in [6, 6.07) is 9.27. The van der Waals surface area contributed by atoms with Crippen LogP contribution in [0.15, 0.2) is 24.3 Å². The summed E-state index contributed by atoms with van der Waals surface area (Å²) in [5.41, 5.74) is 3.24. The molecule has 0 heterocycles. The summed E-state index contributed by atoms with van der Waals surface area (Å²) in [7, 11) is 2.03. The van der Waals surface area contributed by atoms with Crippen molar-refractivity contribution in [3.05, 3.63) is 35.4 Å². The molecule has 1 heteroatoms. The van der Waals surface area contributed by atoms with Gasteiger partial charge in [0.05, 0.1) is 0 Å². The minimum Gasteiger partial charge on any atom is -0.320 e. The van der Waals surface area contributed by atoms with Crippen LogP contribution in [-0.4, -0.2) is 13.6 Å². The first-order chi connectivity index (χ1) is 8.99. The van der Waals surface area contributed by atoms with Gasteiger partial charge in [-0.2, -0.15) is 0 Å². The predicted molar refractivity (Wildman–Crippen MR) is 85.8 cm³/mol. The minimum atomic E-state index is 0.304. The van der Waals surface area contributed by atoms with Crippen LogP contribution in [0.4, 0.5) is 0 Å². The van der Waals surface area contributed by atoms with Crippen molar-refractivity contribution >= 4 is 0 Å². The van der Waals surface area contributed by atoms with E-state index in [1.807, 2.05) is 7.05 Å². The molecule has 1 atom stereocenters. The lowest BCUT2D eigenvalue weighted by Gasteiger charge is -2.23. The highest BCUT2D eigenvalue weighted by Gasteiger charge is 2.17. The minimum absolute atomic E-state index is 0.304. The summed E-state index contributed by atoms with van der Waals surface area (Å²) in [4.78, 5) is 0. The molecule has 1 aromatic carbocycles. The van der Waals surface area contributed by atoms with Crippen LogP contribution < -0.4 is 5.32 Å². The molecule has 0 aliphatic carbocycles. The number of hydrogen-bond donors (Lipinski definition) is 1. The van der Waals surface area contributed by atoms with E-state index in [9.17, 15) is 0 Å². The second kappa shape index (κ2) is 7.69. The third kappa shape index (κ3) is 5.36. The highest BCUT2D eigenvalue weighted by molar-refractivity contribution is 5.28. The molecule has 1 aromatic rings. The molecule has 0 aromatic heterocycles. The van der Waals surface area contributed by atoms with Gasteiger partial charge in [0.25, 0.3) is 0 Å². The Balaban J connectivity index is 2.49. The summed E-state index contributed by atoms with van der Waals surface area (Å²) in [5, 5.41) is 3.23. The number of benzene rings is 1. The van der Waals surface area contributed by atoms with Crippen LogP contribution in [0.25, 0.3) is 0 Å². The number of hydrogen-bond acceptors (Lipinski definition) is 1. The molecule has 1 nitrogen and oxygen atoms in total. The van der Waals surface area contributed by atoms with Crippen molar-refractivity contribution in [3.8, 4) is 0 Å². The molecule has 0 fully saturated rings. The maximum Gasteiger partial charge on any atom is -0.00494 e. The van der Waals surface area contributed by atoms with Gasteiger partial charge in [-0.1, -0.05) is 52.0 Å². The second-order valence-electron chi connectivity index (χ2n) is 6.47. The molecule has 0 saturated carbocycles. The Morgan fingerprint density at radius 2 is 1.74 bits per heavy atom. The maximum atomic E-state index is 3.23. The van der Waals surface area contributed by atoms with E-state index in [0.29, 0.717) is 5.41 Å². The molecule has 0 spiro atoms. The third-order valence-electron chi connectivity index (χ3n) is 4.43. The summed E-state index contributed by atoms with van der Waals surface area (Å²) in [5.74, 6) is 0.805. The maximum absolute atomic E-state index is 3.23. The Kier molecular flexibility index (Phi) is 6.57. The summed E-state index contributed by atoms with van der Waals surface area (Å²) in [6.45, 7) is 10.4. The molecule has 0 aliphatic rings. The van der Waals surface area contributed by atoms with Crippen LogP contribution in [-0.2, 0) is 11.8 Å². The van der Waals surface area contributed by atoms with Gasteiger partial charge in [0.1, 0.15) is 0 Å². The van der Waals surface area contributed by atoms with E-state index in [4.69, 9.17) is 0 Å². The Hall–Kier alpha value is -0.820. The Morgan fingerprint density at radius 3 is 2.26 bits per heavy atom. The molecule has 0 bridgehead atoms. The van der Waals surface area contributed by atoms with Gasteiger partial charge in [-0.3, -0.25) is 0 Å². The average molecular weight is 261 g/mol. The zero-order valence-electron chi connectivity index (χ0n) is 13.4. The first-order valence-electron chi connectivity index (χ1n) is 7.73. The topological polar surface area (TPSA) is 12.0 Å². The van der Waals surface area contributed by atoms with Gasteiger partial charge in [0.15, 0.2) is 0 Å². The zero-order valence-corrected chi connectivity index (χ0v) is 13.4. The van der Waals surface area contributed by atoms with E-state index in [1.165, 1.54) is 36.8 Å². The van der Waals surface area contributed by atoms with E-state index < -0.39 is 0 Å². The summed E-state index contributed by atoms with van der Waals surface area (Å²) < 4.78 is 0. The lowest BCUT2D eigenvalue weighted by molar-refractivity contribution is 0.481. The van der Waals surface area contributed by atoms with Crippen LogP contribution in [0, 0.1) is 5.92 Å². The van der Waals surface area contributed by atoms with E-state index in [-0.39, 0.29) is 0 Å². The monoisotopic (exact) mass is 261 g/mol. The van der Waals surface area contributed by atoms with Crippen LogP contribution in [0.3, 0.4) is 0 Å². The van der Waals surface area contributed by atoms with Gasteiger partial charge in [-0.15, -0.1) is 0 Å². The van der Waals surface area contributed by atoms with Gasteiger partial charge in [0.2, 0.25) is 0 Å². The Morgan fingerprint density at radius 1 is 1.11 bits per heavy atom. The fraction of sp³-hybridized carbons (Fsp3) is 0.667. The van der Waals surface area contributed by atoms with Crippen molar-refractivity contribution in [2.24, 2.45) is 5.92 Å². The Bertz CT molecular complexity index is 350. The smallest absolute Gasteiger partial charge is 0.00494 e. The fourth-order valence-corrected chi connectivity index (χ4v) is 2.27. The van der Waals surface area contributed by atoms with Gasteiger partial charge in [-0.25, -0.2) is 0 Å². The predicted octanol–water partition coefficient (Wildman–Crippen LogP) is 4.55. The van der Waals surface area contributed by atoms with Crippen molar-refractivity contribution in [1.82, 2.24) is 5.32 Å². The van der Waals surface area contributed by atoms with E-state index in [0.717, 1.165) is 12.5 Å². The quantitative estimate of drug-likeness (QED) is 0.724. The highest BCUT2D eigenvalue weighted by atomic mass is 14.8. The normalized spacial score (nSPS) is 13.5.